The van der Waals surface area contributed by atoms with E-state index in [1.165, 1.54) is 142 Å². The summed E-state index contributed by atoms with van der Waals surface area (Å²) in [6, 6.07) is 174. The van der Waals surface area contributed by atoms with Gasteiger partial charge in [-0.25, -0.2) is 0 Å². The van der Waals surface area contributed by atoms with E-state index in [0.29, 0.717) is 0 Å². The smallest absolute Gasteiger partial charge is 0.136 e. The van der Waals surface area contributed by atoms with Crippen molar-refractivity contribution in [2.24, 2.45) is 0 Å². The molecule has 0 spiro atoms. The summed E-state index contributed by atoms with van der Waals surface area (Å²) in [6.45, 7) is 0. The number of para-hydroxylation sites is 7. The lowest BCUT2D eigenvalue weighted by Gasteiger charge is -2.25. The molecule has 28 rings (SSSR count). The van der Waals surface area contributed by atoms with Crippen LogP contribution in [0, 0.1) is 0 Å². The third-order valence-electron chi connectivity index (χ3n) is 26.8. The van der Waals surface area contributed by atoms with Crippen LogP contribution in [0.5, 0.6) is 0 Å². The van der Waals surface area contributed by atoms with Gasteiger partial charge in [-0.1, -0.05) is 322 Å². The largest absolute Gasteiger partial charge is 0.456 e. The Hall–Kier alpha value is -17.8. The van der Waals surface area contributed by atoms with Crippen LogP contribution >= 0.6 is 0 Å². The molecule has 6 aromatic heterocycles. The Labute approximate surface area is 765 Å². The maximum absolute atomic E-state index is 6.60. The van der Waals surface area contributed by atoms with Crippen LogP contribution in [0.25, 0.3) is 236 Å². The van der Waals surface area contributed by atoms with Crippen LogP contribution in [0.2, 0.25) is 0 Å². The van der Waals surface area contributed by atoms with Crippen molar-refractivity contribution in [1.29, 1.82) is 0 Å². The van der Waals surface area contributed by atoms with Crippen molar-refractivity contribution >= 4 is 181 Å². The van der Waals surface area contributed by atoms with Gasteiger partial charge in [0.05, 0.1) is 33.1 Å². The molecule has 0 saturated heterocycles. The number of hydrogen-bond acceptors (Lipinski definition) is 4. The second-order valence-electron chi connectivity index (χ2n) is 34.5. The normalized spacial score (nSPS) is 11.8. The summed E-state index contributed by atoms with van der Waals surface area (Å²) in [7, 11) is 0. The van der Waals surface area contributed by atoms with E-state index in [0.717, 1.165) is 111 Å². The molecule has 6 heterocycles. The summed E-state index contributed by atoms with van der Waals surface area (Å²) in [5.74, 6) is 0. The standard InChI is InChI=1S/C48H32N2O.C42H25NO.C36H23NO/c1-5-15-33(16-6-1)35-27-36(34-17-7-2-8-18-34)29-40(28-35)50-45-24-14-13-23-41(45)42-32-48-44(31-46(42)50)43-30-39(25-26-47(43)51-48)49(37-19-9-3-10-20-37)38-21-11-4-12-22-38;1-2-14-31-29(12-1)30-13-3-4-15-32(30)36-23-27(20-21-33(31)36)26-10-9-11-28(22-26)43-39-18-7-5-16-34(39)37-25-42-38(24-40(37)43)35-17-6-8-19-41(35)44-42;1-3-11-24(12-4-1)26-19-27(25-13-5-2-6-14-25)21-28(20-26)37-33-17-9-7-15-29(33)31-23-36-32(22-34(31)37)30-16-8-10-18-35(30)38-36/h1-32H;1-25H;1-23H. The Morgan fingerprint density at radius 3 is 0.827 bits per heavy atom. The minimum absolute atomic E-state index is 0.871. The fraction of sp³-hybridized carbons (Fsp3) is 0. The number of anilines is 3. The van der Waals surface area contributed by atoms with Crippen molar-refractivity contribution < 1.29 is 13.3 Å². The van der Waals surface area contributed by atoms with Crippen LogP contribution in [0.3, 0.4) is 0 Å². The molecule has 22 aromatic carbocycles. The topological polar surface area (TPSA) is 57.5 Å². The molecule has 0 amide bonds. The van der Waals surface area contributed by atoms with Crippen LogP contribution in [0.15, 0.2) is 499 Å². The van der Waals surface area contributed by atoms with Crippen molar-refractivity contribution in [3.63, 3.8) is 0 Å². The molecule has 133 heavy (non-hydrogen) atoms. The zero-order chi connectivity index (χ0) is 87.6. The molecular formula is C126H80N4O3. The predicted octanol–water partition coefficient (Wildman–Crippen LogP) is 35.3. The molecular weight excluding hydrogens is 1620 g/mol. The average molecular weight is 1700 g/mol. The maximum atomic E-state index is 6.60. The minimum atomic E-state index is 0.871. The molecule has 622 valence electrons. The minimum Gasteiger partial charge on any atom is -0.456 e. The highest BCUT2D eigenvalue weighted by Crippen LogP contribution is 2.48. The Morgan fingerprint density at radius 2 is 0.421 bits per heavy atom. The highest BCUT2D eigenvalue weighted by atomic mass is 16.3. The van der Waals surface area contributed by atoms with Gasteiger partial charge in [-0.15, -0.1) is 0 Å². The van der Waals surface area contributed by atoms with E-state index in [-0.39, 0.29) is 0 Å². The van der Waals surface area contributed by atoms with Crippen molar-refractivity contribution in [1.82, 2.24) is 13.7 Å². The van der Waals surface area contributed by atoms with Gasteiger partial charge in [0.25, 0.3) is 0 Å². The van der Waals surface area contributed by atoms with Crippen LogP contribution in [-0.2, 0) is 0 Å². The summed E-state index contributed by atoms with van der Waals surface area (Å²) in [4.78, 5) is 2.30. The van der Waals surface area contributed by atoms with Gasteiger partial charge in [-0.2, -0.15) is 0 Å². The fourth-order valence-corrected chi connectivity index (χ4v) is 20.8. The Morgan fingerprint density at radius 1 is 0.128 bits per heavy atom. The number of nitrogens with zero attached hydrogens (tertiary/aromatic N) is 4. The highest BCUT2D eigenvalue weighted by Gasteiger charge is 2.25. The first-order valence-electron chi connectivity index (χ1n) is 45.4. The molecule has 0 aliphatic rings. The van der Waals surface area contributed by atoms with E-state index in [4.69, 9.17) is 13.3 Å². The Kier molecular flexibility index (Phi) is 18.2. The molecule has 0 saturated carbocycles. The van der Waals surface area contributed by atoms with Gasteiger partial charge in [0.15, 0.2) is 0 Å². The fourth-order valence-electron chi connectivity index (χ4n) is 20.8. The van der Waals surface area contributed by atoms with Gasteiger partial charge in [0.1, 0.15) is 33.5 Å². The first-order valence-corrected chi connectivity index (χ1v) is 45.4. The van der Waals surface area contributed by atoms with Gasteiger partial charge in [-0.3, -0.25) is 0 Å². The summed E-state index contributed by atoms with van der Waals surface area (Å²) < 4.78 is 26.4. The first-order chi connectivity index (χ1) is 65.9. The number of hydrogen-bond donors (Lipinski definition) is 0. The lowest BCUT2D eigenvalue weighted by Crippen LogP contribution is -2.09. The monoisotopic (exact) mass is 1700 g/mol. The SMILES string of the molecule is c1cc(-c2ccc3c4ccccc4c4ccccc4c3c2)cc(-n2c3ccccc3c3cc4oc5ccccc5c4cc32)c1.c1ccc(-c2cc(-c3ccccc3)cc(-n3c4ccccc4c4cc5oc6ccc(N(c7ccccc7)c7ccccc7)cc6c5cc43)c2)cc1.c1ccc(-c2cc(-c3ccccc3)cc(-n3c4ccccc4c4cc5oc6ccccc6c5cc43)c2)cc1. The quantitative estimate of drug-likeness (QED) is 0.121. The summed E-state index contributed by atoms with van der Waals surface area (Å²) in [5, 5.41) is 21.7. The summed E-state index contributed by atoms with van der Waals surface area (Å²) in [6.07, 6.45) is 0. The number of fused-ring (bicyclic) bond motifs is 24. The summed E-state index contributed by atoms with van der Waals surface area (Å²) >= 11 is 0. The van der Waals surface area contributed by atoms with Crippen LogP contribution in [-0.4, -0.2) is 13.7 Å². The molecule has 0 aliphatic heterocycles. The molecule has 0 unspecified atom stereocenters. The van der Waals surface area contributed by atoms with Crippen molar-refractivity contribution in [2.45, 2.75) is 0 Å². The van der Waals surface area contributed by atoms with E-state index in [9.17, 15) is 0 Å². The molecule has 0 N–H and O–H groups in total. The van der Waals surface area contributed by atoms with Crippen molar-refractivity contribution in [2.75, 3.05) is 4.90 Å². The molecule has 0 radical (unpaired) electrons. The van der Waals surface area contributed by atoms with Crippen molar-refractivity contribution in [3.05, 3.63) is 485 Å². The van der Waals surface area contributed by atoms with E-state index >= 15 is 0 Å². The van der Waals surface area contributed by atoms with Gasteiger partial charge in [-0.05, 0) is 252 Å². The number of aromatic nitrogens is 3. The van der Waals surface area contributed by atoms with Gasteiger partial charge < -0.3 is 31.9 Å². The van der Waals surface area contributed by atoms with E-state index in [1.807, 2.05) is 24.3 Å². The Balaban J connectivity index is 0.000000105. The van der Waals surface area contributed by atoms with Gasteiger partial charge in [0, 0.05) is 98.8 Å². The third-order valence-corrected chi connectivity index (χ3v) is 26.8. The highest BCUT2D eigenvalue weighted by molar-refractivity contribution is 6.27. The number of benzene rings is 22. The number of furan rings is 3. The van der Waals surface area contributed by atoms with Gasteiger partial charge >= 0.3 is 0 Å². The zero-order valence-electron chi connectivity index (χ0n) is 72.2. The Bertz CT molecular complexity index is 9260. The lowest BCUT2D eigenvalue weighted by atomic mass is 9.92. The second kappa shape index (κ2) is 31.6. The third kappa shape index (κ3) is 13.1. The lowest BCUT2D eigenvalue weighted by molar-refractivity contribution is 0.669. The molecule has 0 aliphatic carbocycles. The van der Waals surface area contributed by atoms with Crippen LogP contribution in [0.1, 0.15) is 0 Å². The zero-order valence-corrected chi connectivity index (χ0v) is 72.2. The molecule has 7 nitrogen and oxygen atoms in total. The second-order valence-corrected chi connectivity index (χ2v) is 34.5. The first kappa shape index (κ1) is 76.5. The molecule has 0 atom stereocenters. The van der Waals surface area contributed by atoms with Gasteiger partial charge in [0.2, 0.25) is 0 Å². The average Bonchev–Trinajstić information content (AvgIpc) is 1.54. The van der Waals surface area contributed by atoms with E-state index < -0.39 is 0 Å². The molecule has 7 heteroatoms. The summed E-state index contributed by atoms with van der Waals surface area (Å²) in [5.41, 5.74) is 31.1. The molecule has 28 aromatic rings. The van der Waals surface area contributed by atoms with Crippen LogP contribution in [0.4, 0.5) is 17.1 Å². The maximum Gasteiger partial charge on any atom is 0.136 e. The van der Waals surface area contributed by atoms with Crippen molar-refractivity contribution in [3.8, 4) is 72.7 Å². The van der Waals surface area contributed by atoms with Crippen LogP contribution < -0.4 is 4.90 Å². The van der Waals surface area contributed by atoms with E-state index in [2.05, 4.69) is 480 Å². The number of rotatable bonds is 11. The molecule has 0 bridgehead atoms. The van der Waals surface area contributed by atoms with E-state index in [1.54, 1.807) is 0 Å². The predicted molar refractivity (Wildman–Crippen MR) is 559 cm³/mol. The molecule has 0 fully saturated rings.